The zero-order valence-corrected chi connectivity index (χ0v) is 14.1. The SMILES string of the molecule is C=C(C)C(=O)OC(C)OC(=O)NCC(C)CC(C)(C)CC. The summed E-state index contributed by atoms with van der Waals surface area (Å²) in [7, 11) is 0. The van der Waals surface area contributed by atoms with E-state index in [1.54, 1.807) is 0 Å². The highest BCUT2D eigenvalue weighted by atomic mass is 16.7. The van der Waals surface area contributed by atoms with Crippen LogP contribution in [-0.4, -0.2) is 24.9 Å². The molecule has 0 aliphatic carbocycles. The summed E-state index contributed by atoms with van der Waals surface area (Å²) in [5, 5.41) is 2.69. The molecule has 0 aromatic carbocycles. The van der Waals surface area contributed by atoms with E-state index >= 15 is 0 Å². The van der Waals surface area contributed by atoms with E-state index < -0.39 is 18.4 Å². The maximum atomic E-state index is 11.6. The normalized spacial score (nSPS) is 14.0. The molecule has 0 aromatic heterocycles. The summed E-state index contributed by atoms with van der Waals surface area (Å²) < 4.78 is 9.81. The fourth-order valence-corrected chi connectivity index (χ4v) is 1.89. The van der Waals surface area contributed by atoms with Gasteiger partial charge in [0, 0.05) is 19.0 Å². The third-order valence-electron chi connectivity index (χ3n) is 3.35. The number of hydrogen-bond donors (Lipinski definition) is 1. The number of hydrogen-bond acceptors (Lipinski definition) is 4. The highest BCUT2D eigenvalue weighted by Gasteiger charge is 2.20. The van der Waals surface area contributed by atoms with Crippen LogP contribution in [0.2, 0.25) is 0 Å². The van der Waals surface area contributed by atoms with E-state index in [1.165, 1.54) is 13.8 Å². The Labute approximate surface area is 128 Å². The standard InChI is InChI=1S/C16H29NO4/c1-8-16(6,7)9-12(4)10-17-15(19)21-13(5)20-14(18)11(2)3/h12-13H,2,8-10H2,1,3-7H3,(H,17,19). The molecule has 0 spiro atoms. The molecule has 0 saturated carbocycles. The van der Waals surface area contributed by atoms with Gasteiger partial charge < -0.3 is 14.8 Å². The van der Waals surface area contributed by atoms with Crippen molar-refractivity contribution in [1.82, 2.24) is 5.32 Å². The van der Waals surface area contributed by atoms with Crippen LogP contribution in [0.5, 0.6) is 0 Å². The number of ether oxygens (including phenoxy) is 2. The number of amides is 1. The molecular weight excluding hydrogens is 270 g/mol. The lowest BCUT2D eigenvalue weighted by Gasteiger charge is -2.26. The Kier molecular flexibility index (Phi) is 8.07. The van der Waals surface area contributed by atoms with Gasteiger partial charge in [-0.2, -0.15) is 0 Å². The molecule has 0 heterocycles. The molecule has 1 N–H and O–H groups in total. The molecule has 0 aromatic rings. The van der Waals surface area contributed by atoms with Crippen molar-refractivity contribution in [3.8, 4) is 0 Å². The number of rotatable bonds is 8. The predicted octanol–water partition coefficient (Wildman–Crippen LogP) is 3.64. The van der Waals surface area contributed by atoms with Gasteiger partial charge in [-0.15, -0.1) is 0 Å². The molecule has 0 bridgehead atoms. The largest absolute Gasteiger partial charge is 0.422 e. The van der Waals surface area contributed by atoms with Crippen LogP contribution in [0.4, 0.5) is 4.79 Å². The molecule has 2 atom stereocenters. The molecule has 0 rings (SSSR count). The maximum absolute atomic E-state index is 11.6. The number of alkyl carbamates (subject to hydrolysis) is 1. The van der Waals surface area contributed by atoms with Crippen molar-refractivity contribution < 1.29 is 19.1 Å². The van der Waals surface area contributed by atoms with Crippen molar-refractivity contribution in [1.29, 1.82) is 0 Å². The van der Waals surface area contributed by atoms with Crippen LogP contribution in [0.1, 0.15) is 54.4 Å². The topological polar surface area (TPSA) is 64.6 Å². The summed E-state index contributed by atoms with van der Waals surface area (Å²) in [6.45, 7) is 15.7. The van der Waals surface area contributed by atoms with Crippen LogP contribution in [0.15, 0.2) is 12.2 Å². The molecule has 21 heavy (non-hydrogen) atoms. The Morgan fingerprint density at radius 1 is 1.24 bits per heavy atom. The van der Waals surface area contributed by atoms with Gasteiger partial charge in [0.2, 0.25) is 6.29 Å². The lowest BCUT2D eigenvalue weighted by molar-refractivity contribution is -0.159. The van der Waals surface area contributed by atoms with Crippen molar-refractivity contribution in [2.24, 2.45) is 11.3 Å². The molecule has 0 aliphatic rings. The monoisotopic (exact) mass is 299 g/mol. The second-order valence-electron chi connectivity index (χ2n) is 6.37. The van der Waals surface area contributed by atoms with Crippen molar-refractivity contribution in [2.45, 2.75) is 60.7 Å². The van der Waals surface area contributed by atoms with Gasteiger partial charge in [-0.1, -0.05) is 40.7 Å². The third kappa shape index (κ3) is 9.10. The molecule has 0 saturated heterocycles. The van der Waals surface area contributed by atoms with Crippen LogP contribution >= 0.6 is 0 Å². The van der Waals surface area contributed by atoms with Crippen molar-refractivity contribution in [2.75, 3.05) is 6.54 Å². The third-order valence-corrected chi connectivity index (χ3v) is 3.35. The van der Waals surface area contributed by atoms with Gasteiger partial charge in [-0.25, -0.2) is 9.59 Å². The van der Waals surface area contributed by atoms with E-state index in [0.29, 0.717) is 12.5 Å². The number of carbonyl (C=O) groups excluding carboxylic acids is 2. The molecule has 0 fully saturated rings. The van der Waals surface area contributed by atoms with E-state index in [-0.39, 0.29) is 11.0 Å². The number of nitrogens with one attached hydrogen (secondary N) is 1. The van der Waals surface area contributed by atoms with E-state index in [4.69, 9.17) is 9.47 Å². The first kappa shape index (κ1) is 19.5. The second kappa shape index (κ2) is 8.70. The van der Waals surface area contributed by atoms with Gasteiger partial charge in [0.25, 0.3) is 0 Å². The minimum atomic E-state index is -0.934. The van der Waals surface area contributed by atoms with Gasteiger partial charge in [-0.3, -0.25) is 0 Å². The first-order valence-corrected chi connectivity index (χ1v) is 7.38. The molecule has 5 nitrogen and oxygen atoms in total. The fraction of sp³-hybridized carbons (Fsp3) is 0.750. The lowest BCUT2D eigenvalue weighted by Crippen LogP contribution is -2.34. The number of esters is 1. The van der Waals surface area contributed by atoms with Crippen LogP contribution in [0.3, 0.4) is 0 Å². The summed E-state index contributed by atoms with van der Waals surface area (Å²) in [6.07, 6.45) is 0.592. The molecule has 5 heteroatoms. The second-order valence-corrected chi connectivity index (χ2v) is 6.37. The molecule has 122 valence electrons. The predicted molar refractivity (Wildman–Crippen MR) is 82.7 cm³/mol. The van der Waals surface area contributed by atoms with Crippen LogP contribution in [-0.2, 0) is 14.3 Å². The minimum Gasteiger partial charge on any atom is -0.422 e. The van der Waals surface area contributed by atoms with E-state index in [0.717, 1.165) is 12.8 Å². The van der Waals surface area contributed by atoms with Gasteiger partial charge in [0.05, 0.1) is 0 Å². The van der Waals surface area contributed by atoms with E-state index in [9.17, 15) is 9.59 Å². The van der Waals surface area contributed by atoms with Crippen molar-refractivity contribution >= 4 is 12.1 Å². The quantitative estimate of drug-likeness (QED) is 0.422. The van der Waals surface area contributed by atoms with Gasteiger partial charge in [0.1, 0.15) is 0 Å². The van der Waals surface area contributed by atoms with Crippen molar-refractivity contribution in [3.63, 3.8) is 0 Å². The summed E-state index contributed by atoms with van der Waals surface area (Å²) in [6, 6.07) is 0. The average molecular weight is 299 g/mol. The van der Waals surface area contributed by atoms with Crippen LogP contribution < -0.4 is 5.32 Å². The zero-order chi connectivity index (χ0) is 16.6. The van der Waals surface area contributed by atoms with E-state index in [2.05, 4.69) is 39.6 Å². The lowest BCUT2D eigenvalue weighted by atomic mass is 9.81. The molecule has 0 aliphatic heterocycles. The summed E-state index contributed by atoms with van der Waals surface area (Å²) in [5.41, 5.74) is 0.524. The Hall–Kier alpha value is -1.52. The molecule has 0 radical (unpaired) electrons. The van der Waals surface area contributed by atoms with Crippen LogP contribution in [0, 0.1) is 11.3 Å². The maximum Gasteiger partial charge on any atom is 0.410 e. The van der Waals surface area contributed by atoms with Gasteiger partial charge in [-0.05, 0) is 24.7 Å². The summed E-state index contributed by atoms with van der Waals surface area (Å²) in [4.78, 5) is 22.9. The zero-order valence-electron chi connectivity index (χ0n) is 14.1. The Morgan fingerprint density at radius 3 is 2.29 bits per heavy atom. The summed E-state index contributed by atoms with van der Waals surface area (Å²) >= 11 is 0. The Balaban J connectivity index is 4.05. The average Bonchev–Trinajstić information content (AvgIpc) is 2.35. The molecular formula is C16H29NO4. The first-order valence-electron chi connectivity index (χ1n) is 7.38. The highest BCUT2D eigenvalue weighted by molar-refractivity contribution is 5.87. The Bertz CT molecular complexity index is 376. The minimum absolute atomic E-state index is 0.259. The molecule has 2 unspecified atom stereocenters. The fourth-order valence-electron chi connectivity index (χ4n) is 1.89. The summed E-state index contributed by atoms with van der Waals surface area (Å²) in [5.74, 6) is -0.228. The number of carbonyl (C=O) groups is 2. The highest BCUT2D eigenvalue weighted by Crippen LogP contribution is 2.28. The van der Waals surface area contributed by atoms with E-state index in [1.807, 2.05) is 0 Å². The van der Waals surface area contributed by atoms with Crippen LogP contribution in [0.25, 0.3) is 0 Å². The first-order chi connectivity index (χ1) is 9.57. The van der Waals surface area contributed by atoms with Gasteiger partial charge >= 0.3 is 12.1 Å². The Morgan fingerprint density at radius 2 is 1.81 bits per heavy atom. The molecule has 1 amide bonds. The van der Waals surface area contributed by atoms with Crippen molar-refractivity contribution in [3.05, 3.63) is 12.2 Å². The smallest absolute Gasteiger partial charge is 0.410 e. The van der Waals surface area contributed by atoms with Gasteiger partial charge in [0.15, 0.2) is 0 Å².